The zero-order valence-corrected chi connectivity index (χ0v) is 12.1. The third-order valence-electron chi connectivity index (χ3n) is 3.64. The molecule has 1 aromatic carbocycles. The Balaban J connectivity index is 2.07. The summed E-state index contributed by atoms with van der Waals surface area (Å²) in [5.74, 6) is -0.198. The summed E-state index contributed by atoms with van der Waals surface area (Å²) in [7, 11) is 0. The Bertz CT molecular complexity index is 773. The summed E-state index contributed by atoms with van der Waals surface area (Å²) >= 11 is 0. The number of aromatic nitrogens is 2. The van der Waals surface area contributed by atoms with E-state index in [9.17, 15) is 20.4 Å². The Hall–Kier alpha value is -3.02. The molecule has 0 radical (unpaired) electrons. The molecular formula is C16H16N2O4. The van der Waals surface area contributed by atoms with Crippen LogP contribution in [-0.2, 0) is 0 Å². The van der Waals surface area contributed by atoms with Gasteiger partial charge in [0.1, 0.15) is 0 Å². The molecule has 2 aromatic heterocycles. The van der Waals surface area contributed by atoms with E-state index >= 15 is 0 Å². The lowest BCUT2D eigenvalue weighted by atomic mass is 10.2. The smallest absolute Gasteiger partial charge is 0.201 e. The normalized spacial score (nSPS) is 11.0. The Morgan fingerprint density at radius 3 is 1.18 bits per heavy atom. The van der Waals surface area contributed by atoms with Crippen LogP contribution in [0.15, 0.2) is 36.4 Å². The molecule has 0 saturated carbocycles. The number of hydrogen-bond donors (Lipinski definition) is 4. The summed E-state index contributed by atoms with van der Waals surface area (Å²) in [4.78, 5) is 0. The molecule has 114 valence electrons. The van der Waals surface area contributed by atoms with Crippen molar-refractivity contribution >= 4 is 0 Å². The highest BCUT2D eigenvalue weighted by Gasteiger charge is 2.15. The van der Waals surface area contributed by atoms with Gasteiger partial charge in [0, 0.05) is 23.3 Å². The monoisotopic (exact) mass is 300 g/mol. The van der Waals surface area contributed by atoms with Crippen molar-refractivity contribution < 1.29 is 20.4 Å². The second kappa shape index (κ2) is 4.77. The van der Waals surface area contributed by atoms with Crippen molar-refractivity contribution in [3.8, 4) is 34.9 Å². The maximum Gasteiger partial charge on any atom is 0.201 e. The lowest BCUT2D eigenvalue weighted by Crippen LogP contribution is -1.96. The summed E-state index contributed by atoms with van der Waals surface area (Å²) in [6, 6.07) is 9.61. The SMILES string of the molecule is Cc1cc(O)n(-c2ccc(-n3c(O)cc(C)c3O)cc2)c1O. The van der Waals surface area contributed by atoms with E-state index in [4.69, 9.17) is 0 Å². The van der Waals surface area contributed by atoms with Crippen LogP contribution in [0.3, 0.4) is 0 Å². The van der Waals surface area contributed by atoms with E-state index in [1.807, 2.05) is 0 Å². The summed E-state index contributed by atoms with van der Waals surface area (Å²) in [6.45, 7) is 3.39. The van der Waals surface area contributed by atoms with Gasteiger partial charge < -0.3 is 20.4 Å². The largest absolute Gasteiger partial charge is 0.494 e. The summed E-state index contributed by atoms with van der Waals surface area (Å²) < 4.78 is 2.61. The number of benzene rings is 1. The highest BCUT2D eigenvalue weighted by Crippen LogP contribution is 2.33. The topological polar surface area (TPSA) is 90.8 Å². The van der Waals surface area contributed by atoms with Crippen LogP contribution < -0.4 is 0 Å². The van der Waals surface area contributed by atoms with Crippen LogP contribution in [0.4, 0.5) is 0 Å². The number of aromatic hydroxyl groups is 4. The maximum absolute atomic E-state index is 9.97. The molecule has 6 heteroatoms. The van der Waals surface area contributed by atoms with E-state index in [2.05, 4.69) is 0 Å². The molecule has 0 aliphatic carbocycles. The van der Waals surface area contributed by atoms with Crippen LogP contribution in [0.2, 0.25) is 0 Å². The van der Waals surface area contributed by atoms with Crippen molar-refractivity contribution in [2.75, 3.05) is 0 Å². The van der Waals surface area contributed by atoms with Crippen molar-refractivity contribution in [3.05, 3.63) is 47.5 Å². The van der Waals surface area contributed by atoms with Gasteiger partial charge in [-0.1, -0.05) is 0 Å². The molecule has 0 aliphatic heterocycles. The van der Waals surface area contributed by atoms with Gasteiger partial charge in [0.2, 0.25) is 11.8 Å². The fourth-order valence-electron chi connectivity index (χ4n) is 2.48. The van der Waals surface area contributed by atoms with Crippen LogP contribution >= 0.6 is 0 Å². The zero-order valence-electron chi connectivity index (χ0n) is 12.1. The molecule has 2 heterocycles. The lowest BCUT2D eigenvalue weighted by Gasteiger charge is -2.10. The minimum atomic E-state index is -0.0646. The van der Waals surface area contributed by atoms with Crippen molar-refractivity contribution in [1.82, 2.24) is 9.13 Å². The molecule has 3 aromatic rings. The van der Waals surface area contributed by atoms with Crippen molar-refractivity contribution in [2.45, 2.75) is 13.8 Å². The maximum atomic E-state index is 9.97. The summed E-state index contributed by atoms with van der Waals surface area (Å²) in [5, 5.41) is 39.7. The second-order valence-corrected chi connectivity index (χ2v) is 5.21. The number of rotatable bonds is 2. The predicted molar refractivity (Wildman–Crippen MR) is 81.2 cm³/mol. The van der Waals surface area contributed by atoms with Crippen LogP contribution in [-0.4, -0.2) is 29.6 Å². The van der Waals surface area contributed by atoms with Gasteiger partial charge in [-0.25, -0.2) is 0 Å². The lowest BCUT2D eigenvalue weighted by molar-refractivity contribution is 0.399. The van der Waals surface area contributed by atoms with Crippen LogP contribution in [0.1, 0.15) is 11.1 Å². The molecule has 0 amide bonds. The van der Waals surface area contributed by atoms with Gasteiger partial charge in [0.05, 0.1) is 11.4 Å². The van der Waals surface area contributed by atoms with Crippen LogP contribution in [0.25, 0.3) is 11.4 Å². The summed E-state index contributed by atoms with van der Waals surface area (Å²) in [6.07, 6.45) is 0. The van der Waals surface area contributed by atoms with Crippen LogP contribution in [0.5, 0.6) is 23.5 Å². The minimum Gasteiger partial charge on any atom is -0.494 e. The first-order valence-corrected chi connectivity index (χ1v) is 6.71. The van der Waals surface area contributed by atoms with Crippen molar-refractivity contribution in [2.24, 2.45) is 0 Å². The third kappa shape index (κ3) is 1.96. The molecule has 3 rings (SSSR count). The van der Waals surface area contributed by atoms with Gasteiger partial charge in [-0.2, -0.15) is 0 Å². The van der Waals surface area contributed by atoms with E-state index in [-0.39, 0.29) is 23.5 Å². The molecule has 0 unspecified atom stereocenters. The first kappa shape index (κ1) is 13.9. The number of nitrogens with zero attached hydrogens (tertiary/aromatic N) is 2. The van der Waals surface area contributed by atoms with E-state index in [0.717, 1.165) is 0 Å². The fourth-order valence-corrected chi connectivity index (χ4v) is 2.48. The van der Waals surface area contributed by atoms with Gasteiger partial charge in [0.15, 0.2) is 11.8 Å². The molecule has 0 spiro atoms. The molecular weight excluding hydrogens is 284 g/mol. The van der Waals surface area contributed by atoms with E-state index in [1.165, 1.54) is 21.3 Å². The fraction of sp³-hybridized carbons (Fsp3) is 0.125. The Morgan fingerprint density at radius 1 is 0.636 bits per heavy atom. The quantitative estimate of drug-likeness (QED) is 0.585. The van der Waals surface area contributed by atoms with E-state index in [0.29, 0.717) is 22.5 Å². The first-order valence-electron chi connectivity index (χ1n) is 6.71. The first-order chi connectivity index (χ1) is 10.4. The van der Waals surface area contributed by atoms with Crippen molar-refractivity contribution in [3.63, 3.8) is 0 Å². The van der Waals surface area contributed by atoms with Gasteiger partial charge in [0.25, 0.3) is 0 Å². The minimum absolute atomic E-state index is 0.0345. The molecule has 0 saturated heterocycles. The average Bonchev–Trinajstić information content (AvgIpc) is 2.87. The zero-order chi connectivity index (χ0) is 16.0. The molecule has 0 bridgehead atoms. The van der Waals surface area contributed by atoms with Gasteiger partial charge in [-0.05, 0) is 38.1 Å². The van der Waals surface area contributed by atoms with Crippen molar-refractivity contribution in [1.29, 1.82) is 0 Å². The van der Waals surface area contributed by atoms with E-state index < -0.39 is 0 Å². The standard InChI is InChI=1S/C16H16N2O4/c1-9-7-13(19)17(15(9)21)11-3-5-12(6-4-11)18-14(20)8-10(2)16(18)22/h3-8,19-22H,1-2H3. The number of hydrogen-bond acceptors (Lipinski definition) is 4. The average molecular weight is 300 g/mol. The van der Waals surface area contributed by atoms with Crippen LogP contribution in [0, 0.1) is 13.8 Å². The Labute approximate surface area is 126 Å². The Kier molecular flexibility index (Phi) is 3.02. The van der Waals surface area contributed by atoms with Gasteiger partial charge in [-0.15, -0.1) is 0 Å². The molecule has 0 aliphatic rings. The highest BCUT2D eigenvalue weighted by atomic mass is 16.3. The molecule has 22 heavy (non-hydrogen) atoms. The summed E-state index contributed by atoms with van der Waals surface area (Å²) in [5.41, 5.74) is 2.26. The van der Waals surface area contributed by atoms with E-state index in [1.54, 1.807) is 38.1 Å². The van der Waals surface area contributed by atoms with Gasteiger partial charge in [-0.3, -0.25) is 9.13 Å². The molecule has 4 N–H and O–H groups in total. The predicted octanol–water partition coefficient (Wildman–Crippen LogP) is 2.71. The molecule has 0 atom stereocenters. The number of aryl methyl sites for hydroxylation is 2. The second-order valence-electron chi connectivity index (χ2n) is 5.21. The highest BCUT2D eigenvalue weighted by molar-refractivity contribution is 5.52. The Morgan fingerprint density at radius 2 is 0.955 bits per heavy atom. The molecule has 6 nitrogen and oxygen atoms in total. The molecule has 0 fully saturated rings. The third-order valence-corrected chi connectivity index (χ3v) is 3.64. The van der Waals surface area contributed by atoms with Gasteiger partial charge >= 0.3 is 0 Å².